The van der Waals surface area contributed by atoms with Gasteiger partial charge in [-0.25, -0.2) is 8.42 Å². The number of halogens is 1. The Morgan fingerprint density at radius 2 is 1.89 bits per heavy atom. The molecule has 0 aliphatic heterocycles. The maximum absolute atomic E-state index is 11.8. The minimum Gasteiger partial charge on any atom is -0.356 e. The van der Waals surface area contributed by atoms with Gasteiger partial charge < -0.3 is 4.84 Å². The van der Waals surface area contributed by atoms with E-state index in [1.54, 1.807) is 4.89 Å². The Hall–Kier alpha value is -1.44. The van der Waals surface area contributed by atoms with Crippen LogP contribution in [0.3, 0.4) is 0 Å². The average Bonchev–Trinajstić information content (AvgIpc) is 2.26. The van der Waals surface area contributed by atoms with Gasteiger partial charge in [-0.2, -0.15) is 0 Å². The quantitative estimate of drug-likeness (QED) is 0.667. The van der Waals surface area contributed by atoms with Crippen molar-refractivity contribution in [2.75, 3.05) is 0 Å². The first-order chi connectivity index (χ1) is 8.24. The Balaban J connectivity index is 3.24. The third-order valence-electron chi connectivity index (χ3n) is 1.91. The van der Waals surface area contributed by atoms with Crippen molar-refractivity contribution in [2.45, 2.75) is 18.7 Å². The molecular weight excluding hydrogens is 282 g/mol. The summed E-state index contributed by atoms with van der Waals surface area (Å²) in [5.74, 6) is -1.29. The lowest BCUT2D eigenvalue weighted by molar-refractivity contribution is -0.144. The predicted octanol–water partition coefficient (Wildman–Crippen LogP) is 1.30. The van der Waals surface area contributed by atoms with Crippen LogP contribution in [0.25, 0.3) is 0 Å². The standard InChI is InChI=1S/C10H10ClNO5S/c1-6(13)9-5-8(11)3-4-10(9)18(15,16)12-17-7(2)14/h3-5,12H,1-2H3. The van der Waals surface area contributed by atoms with E-state index >= 15 is 0 Å². The fraction of sp³-hybridized carbons (Fsp3) is 0.200. The second kappa shape index (κ2) is 5.47. The van der Waals surface area contributed by atoms with Crippen molar-refractivity contribution in [2.24, 2.45) is 0 Å². The van der Waals surface area contributed by atoms with Crippen molar-refractivity contribution in [1.29, 1.82) is 0 Å². The topological polar surface area (TPSA) is 89.5 Å². The summed E-state index contributed by atoms with van der Waals surface area (Å²) in [5.41, 5.74) is -0.0813. The lowest BCUT2D eigenvalue weighted by Gasteiger charge is -2.09. The molecule has 0 radical (unpaired) electrons. The van der Waals surface area contributed by atoms with Gasteiger partial charge in [-0.3, -0.25) is 9.59 Å². The molecule has 1 rings (SSSR count). The number of Topliss-reactive ketones (excluding diaryl/α,β-unsaturated/α-hetero) is 1. The summed E-state index contributed by atoms with van der Waals surface area (Å²) < 4.78 is 23.6. The van der Waals surface area contributed by atoms with E-state index in [-0.39, 0.29) is 15.5 Å². The number of hydrogen-bond donors (Lipinski definition) is 1. The largest absolute Gasteiger partial charge is 0.356 e. The van der Waals surface area contributed by atoms with Gasteiger partial charge in [0.15, 0.2) is 5.78 Å². The van der Waals surface area contributed by atoms with Crippen molar-refractivity contribution in [3.63, 3.8) is 0 Å². The molecule has 0 saturated heterocycles. The summed E-state index contributed by atoms with van der Waals surface area (Å²) in [4.78, 5) is 27.4. The lowest BCUT2D eigenvalue weighted by Crippen LogP contribution is -2.27. The van der Waals surface area contributed by atoms with Gasteiger partial charge in [-0.15, -0.1) is 0 Å². The third kappa shape index (κ3) is 3.52. The third-order valence-corrected chi connectivity index (χ3v) is 3.38. The molecular formula is C10H10ClNO5S. The van der Waals surface area contributed by atoms with Gasteiger partial charge in [0.25, 0.3) is 10.0 Å². The van der Waals surface area contributed by atoms with Crippen molar-refractivity contribution in [3.05, 3.63) is 28.8 Å². The van der Waals surface area contributed by atoms with Crippen molar-refractivity contribution in [3.8, 4) is 0 Å². The number of rotatable bonds is 4. The number of hydrogen-bond acceptors (Lipinski definition) is 5. The number of carbonyl (C=O) groups is 2. The van der Waals surface area contributed by atoms with Crippen LogP contribution in [-0.4, -0.2) is 20.2 Å². The molecule has 1 aromatic rings. The molecule has 18 heavy (non-hydrogen) atoms. The Morgan fingerprint density at radius 3 is 2.39 bits per heavy atom. The van der Waals surface area contributed by atoms with E-state index in [1.165, 1.54) is 19.1 Å². The second-order valence-electron chi connectivity index (χ2n) is 3.38. The van der Waals surface area contributed by atoms with E-state index in [0.717, 1.165) is 13.0 Å². The molecule has 0 amide bonds. The zero-order chi connectivity index (χ0) is 13.9. The molecule has 0 spiro atoms. The average molecular weight is 292 g/mol. The van der Waals surface area contributed by atoms with Crippen LogP contribution in [0, 0.1) is 0 Å². The van der Waals surface area contributed by atoms with Crippen molar-refractivity contribution < 1.29 is 22.8 Å². The van der Waals surface area contributed by atoms with Gasteiger partial charge in [-0.1, -0.05) is 11.6 Å². The summed E-state index contributed by atoms with van der Waals surface area (Å²) in [6.07, 6.45) is 0. The highest BCUT2D eigenvalue weighted by Gasteiger charge is 2.22. The summed E-state index contributed by atoms with van der Waals surface area (Å²) in [6, 6.07) is 3.70. The number of carbonyl (C=O) groups excluding carboxylic acids is 2. The van der Waals surface area contributed by atoms with Gasteiger partial charge in [-0.05, 0) is 30.0 Å². The Bertz CT molecular complexity index is 596. The van der Waals surface area contributed by atoms with Crippen LogP contribution in [0.4, 0.5) is 0 Å². The molecule has 0 heterocycles. The van der Waals surface area contributed by atoms with Crippen LogP contribution in [0.2, 0.25) is 5.02 Å². The van der Waals surface area contributed by atoms with E-state index < -0.39 is 21.8 Å². The molecule has 6 nitrogen and oxygen atoms in total. The van der Waals surface area contributed by atoms with E-state index in [0.29, 0.717) is 0 Å². The lowest BCUT2D eigenvalue weighted by atomic mass is 10.1. The van der Waals surface area contributed by atoms with E-state index in [2.05, 4.69) is 4.84 Å². The van der Waals surface area contributed by atoms with Gasteiger partial charge in [0.05, 0.1) is 4.90 Å². The van der Waals surface area contributed by atoms with Crippen LogP contribution in [0.15, 0.2) is 23.1 Å². The van der Waals surface area contributed by atoms with Crippen molar-refractivity contribution in [1.82, 2.24) is 4.89 Å². The first-order valence-corrected chi connectivity index (χ1v) is 6.60. The minimum atomic E-state index is -4.12. The Labute approximate surface area is 109 Å². The number of benzene rings is 1. The van der Waals surface area contributed by atoms with Crippen LogP contribution in [0.1, 0.15) is 24.2 Å². The fourth-order valence-electron chi connectivity index (χ4n) is 1.17. The van der Waals surface area contributed by atoms with Crippen LogP contribution in [0.5, 0.6) is 0 Å². The fourth-order valence-corrected chi connectivity index (χ4v) is 2.40. The zero-order valence-corrected chi connectivity index (χ0v) is 11.1. The molecule has 0 fully saturated rings. The molecule has 0 unspecified atom stereocenters. The normalized spacial score (nSPS) is 11.1. The number of ketones is 1. The molecule has 0 aliphatic carbocycles. The zero-order valence-electron chi connectivity index (χ0n) is 9.56. The summed E-state index contributed by atoms with van der Waals surface area (Å²) in [6.45, 7) is 2.24. The van der Waals surface area contributed by atoms with Gasteiger partial charge >= 0.3 is 5.97 Å². The monoisotopic (exact) mass is 291 g/mol. The Morgan fingerprint density at radius 1 is 1.28 bits per heavy atom. The molecule has 8 heteroatoms. The molecule has 98 valence electrons. The van der Waals surface area contributed by atoms with Crippen LogP contribution in [-0.2, 0) is 19.7 Å². The van der Waals surface area contributed by atoms with Crippen molar-refractivity contribution >= 4 is 33.4 Å². The Kier molecular flexibility index (Phi) is 4.44. The SMILES string of the molecule is CC(=O)ONS(=O)(=O)c1ccc(Cl)cc1C(C)=O. The molecule has 1 N–H and O–H groups in total. The highest BCUT2D eigenvalue weighted by Crippen LogP contribution is 2.20. The molecule has 1 aromatic carbocycles. The number of nitrogens with one attached hydrogen (secondary N) is 1. The summed E-state index contributed by atoms with van der Waals surface area (Å²) >= 11 is 5.69. The smallest absolute Gasteiger partial charge is 0.323 e. The van der Waals surface area contributed by atoms with Crippen LogP contribution < -0.4 is 4.89 Å². The first-order valence-electron chi connectivity index (χ1n) is 4.74. The number of sulfonamides is 1. The molecule has 0 atom stereocenters. The van der Waals surface area contributed by atoms with E-state index in [1.807, 2.05) is 0 Å². The molecule has 0 aromatic heterocycles. The molecule has 0 saturated carbocycles. The predicted molar refractivity (Wildman–Crippen MR) is 63.5 cm³/mol. The summed E-state index contributed by atoms with van der Waals surface area (Å²) in [7, 11) is -4.12. The first kappa shape index (κ1) is 14.6. The summed E-state index contributed by atoms with van der Waals surface area (Å²) in [5, 5.41) is 0.228. The second-order valence-corrected chi connectivity index (χ2v) is 5.43. The van der Waals surface area contributed by atoms with E-state index in [9.17, 15) is 18.0 Å². The highest BCUT2D eigenvalue weighted by molar-refractivity contribution is 7.89. The maximum atomic E-state index is 11.8. The molecule has 0 bridgehead atoms. The molecule has 0 aliphatic rings. The van der Waals surface area contributed by atoms with E-state index in [4.69, 9.17) is 11.6 Å². The van der Waals surface area contributed by atoms with Gasteiger partial charge in [0.1, 0.15) is 0 Å². The van der Waals surface area contributed by atoms with Gasteiger partial charge in [0.2, 0.25) is 0 Å². The minimum absolute atomic E-state index is 0.0813. The van der Waals surface area contributed by atoms with Crippen LogP contribution >= 0.6 is 11.6 Å². The highest BCUT2D eigenvalue weighted by atomic mass is 35.5. The maximum Gasteiger partial charge on any atom is 0.323 e. The van der Waals surface area contributed by atoms with Gasteiger partial charge in [0, 0.05) is 17.5 Å².